The minimum Gasteiger partial charge on any atom is -0.396 e. The van der Waals surface area contributed by atoms with E-state index in [1.807, 2.05) is 12.2 Å². The Morgan fingerprint density at radius 3 is 2.72 bits per heavy atom. The van der Waals surface area contributed by atoms with E-state index in [1.165, 1.54) is 17.1 Å². The monoisotopic (exact) mass is 345 g/mol. The second kappa shape index (κ2) is 7.57. The number of rotatable bonds is 5. The summed E-state index contributed by atoms with van der Waals surface area (Å²) in [5, 5.41) is 17.4. The first kappa shape index (κ1) is 17.3. The van der Waals surface area contributed by atoms with Crippen LogP contribution in [0, 0.1) is 11.7 Å². The lowest BCUT2D eigenvalue weighted by atomic mass is 10.1. The molecule has 7 heteroatoms. The maximum Gasteiger partial charge on any atom is 0.267 e. The van der Waals surface area contributed by atoms with Crippen molar-refractivity contribution in [2.24, 2.45) is 11.0 Å². The third kappa shape index (κ3) is 4.30. The first-order chi connectivity index (χ1) is 12.0. The van der Waals surface area contributed by atoms with Crippen LogP contribution in [0.1, 0.15) is 24.8 Å². The normalized spacial score (nSPS) is 22.9. The molecule has 2 amide bonds. The van der Waals surface area contributed by atoms with Gasteiger partial charge < -0.3 is 10.4 Å². The van der Waals surface area contributed by atoms with Crippen LogP contribution in [0.15, 0.2) is 41.5 Å². The van der Waals surface area contributed by atoms with Gasteiger partial charge in [-0.05, 0) is 24.1 Å². The number of carbonyl (C=O) groups is 2. The number of hydrogen-bond acceptors (Lipinski definition) is 4. The van der Waals surface area contributed by atoms with Crippen LogP contribution in [0.25, 0.3) is 0 Å². The molecule has 0 spiro atoms. The van der Waals surface area contributed by atoms with Gasteiger partial charge in [0.1, 0.15) is 11.5 Å². The number of aliphatic hydroxyl groups excluding tert-OH is 1. The second-order valence-electron chi connectivity index (χ2n) is 6.27. The summed E-state index contributed by atoms with van der Waals surface area (Å²) in [6.45, 7) is 0.260. The highest BCUT2D eigenvalue weighted by atomic mass is 19.1. The lowest BCUT2D eigenvalue weighted by Crippen LogP contribution is -2.42. The molecule has 1 aromatic rings. The van der Waals surface area contributed by atoms with Crippen molar-refractivity contribution < 1.29 is 19.1 Å². The van der Waals surface area contributed by atoms with Crippen molar-refractivity contribution in [3.05, 3.63) is 47.8 Å². The highest BCUT2D eigenvalue weighted by Gasteiger charge is 2.27. The van der Waals surface area contributed by atoms with Crippen molar-refractivity contribution in [3.8, 4) is 0 Å². The van der Waals surface area contributed by atoms with Crippen LogP contribution in [0.5, 0.6) is 0 Å². The average Bonchev–Trinajstić information content (AvgIpc) is 3.06. The number of carbonyl (C=O) groups excluding carboxylic acids is 2. The van der Waals surface area contributed by atoms with Crippen molar-refractivity contribution in [1.82, 2.24) is 10.3 Å². The number of benzene rings is 1. The molecule has 6 nitrogen and oxygen atoms in total. The number of amides is 2. The summed E-state index contributed by atoms with van der Waals surface area (Å²) in [6.07, 6.45) is 4.92. The van der Waals surface area contributed by atoms with Crippen LogP contribution in [-0.2, 0) is 16.1 Å². The summed E-state index contributed by atoms with van der Waals surface area (Å²) >= 11 is 0. The fourth-order valence-corrected chi connectivity index (χ4v) is 2.92. The number of halogens is 1. The third-order valence-corrected chi connectivity index (χ3v) is 4.34. The van der Waals surface area contributed by atoms with E-state index in [0.29, 0.717) is 18.6 Å². The standard InChI is InChI=1S/C18H20FN3O3/c19-14-4-1-12(2-5-14)10-22-17(24)8-7-16(21-22)18(25)20-15-6-3-13(9-15)11-23/h1-6,13,15,23H,7-11H2,(H,20,25)/t13-,15+/m0/s1. The summed E-state index contributed by atoms with van der Waals surface area (Å²) < 4.78 is 13.0. The topological polar surface area (TPSA) is 82.0 Å². The van der Waals surface area contributed by atoms with Gasteiger partial charge in [0.25, 0.3) is 5.91 Å². The second-order valence-corrected chi connectivity index (χ2v) is 6.27. The largest absolute Gasteiger partial charge is 0.396 e. The SMILES string of the molecule is O=C(N[C@@H]1C=C[C@H](CO)C1)C1=NN(Cc2ccc(F)cc2)C(=O)CC1. The van der Waals surface area contributed by atoms with Crippen LogP contribution in [0.4, 0.5) is 4.39 Å². The smallest absolute Gasteiger partial charge is 0.267 e. The van der Waals surface area contributed by atoms with Gasteiger partial charge in [-0.1, -0.05) is 24.3 Å². The quantitative estimate of drug-likeness (QED) is 0.791. The summed E-state index contributed by atoms with van der Waals surface area (Å²) in [5.41, 5.74) is 1.05. The van der Waals surface area contributed by atoms with Gasteiger partial charge in [0, 0.05) is 31.4 Å². The zero-order valence-corrected chi connectivity index (χ0v) is 13.7. The highest BCUT2D eigenvalue weighted by molar-refractivity contribution is 6.39. The maximum atomic E-state index is 13.0. The van der Waals surface area contributed by atoms with Crippen LogP contribution >= 0.6 is 0 Å². The minimum absolute atomic E-state index is 0.0593. The molecule has 1 heterocycles. The molecule has 0 bridgehead atoms. The number of hydrogen-bond donors (Lipinski definition) is 2. The summed E-state index contributed by atoms with van der Waals surface area (Å²) in [6, 6.07) is 5.70. The molecule has 0 aromatic heterocycles. The molecule has 0 unspecified atom stereocenters. The molecule has 2 N–H and O–H groups in total. The maximum absolute atomic E-state index is 13.0. The summed E-state index contributed by atoms with van der Waals surface area (Å²) in [7, 11) is 0. The van der Waals surface area contributed by atoms with Crippen LogP contribution in [0.3, 0.4) is 0 Å². The minimum atomic E-state index is -0.344. The number of aliphatic hydroxyl groups is 1. The van der Waals surface area contributed by atoms with Gasteiger partial charge in [0.15, 0.2) is 0 Å². The molecular weight excluding hydrogens is 325 g/mol. The highest BCUT2D eigenvalue weighted by Crippen LogP contribution is 2.18. The number of hydrazone groups is 1. The molecule has 0 saturated carbocycles. The molecule has 0 saturated heterocycles. The first-order valence-corrected chi connectivity index (χ1v) is 8.27. The third-order valence-electron chi connectivity index (χ3n) is 4.34. The van der Waals surface area contributed by atoms with Crippen LogP contribution < -0.4 is 5.32 Å². The van der Waals surface area contributed by atoms with E-state index >= 15 is 0 Å². The molecule has 2 aliphatic rings. The molecular formula is C18H20FN3O3. The molecule has 25 heavy (non-hydrogen) atoms. The van der Waals surface area contributed by atoms with E-state index in [-0.39, 0.29) is 49.2 Å². The Bertz CT molecular complexity index is 715. The number of nitrogens with one attached hydrogen (secondary N) is 1. The van der Waals surface area contributed by atoms with Gasteiger partial charge in [0.05, 0.1) is 6.54 Å². The summed E-state index contributed by atoms with van der Waals surface area (Å²) in [4.78, 5) is 24.4. The zero-order chi connectivity index (χ0) is 17.8. The van der Waals surface area contributed by atoms with Crippen LogP contribution in [-0.4, -0.2) is 40.3 Å². The van der Waals surface area contributed by atoms with Gasteiger partial charge >= 0.3 is 0 Å². The molecule has 3 rings (SSSR count). The van der Waals surface area contributed by atoms with Gasteiger partial charge in [-0.3, -0.25) is 9.59 Å². The Morgan fingerprint density at radius 2 is 2.04 bits per heavy atom. The van der Waals surface area contributed by atoms with E-state index in [2.05, 4.69) is 10.4 Å². The fraction of sp³-hybridized carbons (Fsp3) is 0.389. The van der Waals surface area contributed by atoms with Crippen molar-refractivity contribution in [2.45, 2.75) is 31.8 Å². The van der Waals surface area contributed by atoms with Gasteiger partial charge in [0.2, 0.25) is 5.91 Å². The molecule has 1 aromatic carbocycles. The van der Waals surface area contributed by atoms with E-state index in [0.717, 1.165) is 5.56 Å². The van der Waals surface area contributed by atoms with E-state index in [1.54, 1.807) is 12.1 Å². The first-order valence-electron chi connectivity index (χ1n) is 8.27. The predicted octanol–water partition coefficient (Wildman–Crippen LogP) is 1.36. The molecule has 1 aliphatic heterocycles. The lowest BCUT2D eigenvalue weighted by molar-refractivity contribution is -0.132. The molecule has 132 valence electrons. The summed E-state index contributed by atoms with van der Waals surface area (Å²) in [5.74, 6) is -0.745. The number of nitrogens with zero attached hydrogens (tertiary/aromatic N) is 2. The fourth-order valence-electron chi connectivity index (χ4n) is 2.92. The predicted molar refractivity (Wildman–Crippen MR) is 89.9 cm³/mol. The Balaban J connectivity index is 1.64. The van der Waals surface area contributed by atoms with Gasteiger partial charge in [-0.2, -0.15) is 5.10 Å². The Hall–Kier alpha value is -2.54. The molecule has 0 fully saturated rings. The van der Waals surface area contributed by atoms with Crippen molar-refractivity contribution in [2.75, 3.05) is 6.61 Å². The van der Waals surface area contributed by atoms with Crippen LogP contribution in [0.2, 0.25) is 0 Å². The molecule has 2 atom stereocenters. The van der Waals surface area contributed by atoms with Crippen molar-refractivity contribution in [1.29, 1.82) is 0 Å². The molecule has 0 radical (unpaired) electrons. The van der Waals surface area contributed by atoms with E-state index in [9.17, 15) is 14.0 Å². The Kier molecular flexibility index (Phi) is 5.23. The van der Waals surface area contributed by atoms with Gasteiger partial charge in [-0.15, -0.1) is 0 Å². The van der Waals surface area contributed by atoms with Gasteiger partial charge in [-0.25, -0.2) is 9.40 Å². The van der Waals surface area contributed by atoms with E-state index in [4.69, 9.17) is 5.11 Å². The van der Waals surface area contributed by atoms with Crippen molar-refractivity contribution in [3.63, 3.8) is 0 Å². The van der Waals surface area contributed by atoms with E-state index < -0.39 is 0 Å². The zero-order valence-electron chi connectivity index (χ0n) is 13.7. The Labute approximate surface area is 145 Å². The molecule has 1 aliphatic carbocycles. The average molecular weight is 345 g/mol. The lowest BCUT2D eigenvalue weighted by Gasteiger charge is -2.24. The Morgan fingerprint density at radius 1 is 1.28 bits per heavy atom. The van der Waals surface area contributed by atoms with Crippen molar-refractivity contribution >= 4 is 17.5 Å².